The highest BCUT2D eigenvalue weighted by atomic mass is 15.3. The van der Waals surface area contributed by atoms with Crippen LogP contribution in [0.1, 0.15) is 72.1 Å². The predicted octanol–water partition coefficient (Wildman–Crippen LogP) is 3.81. The maximum Gasteiger partial charge on any atom is 0.0116 e. The van der Waals surface area contributed by atoms with Gasteiger partial charge in [-0.15, -0.1) is 0 Å². The van der Waals surface area contributed by atoms with Gasteiger partial charge in [0, 0.05) is 24.2 Å². The molecule has 1 N–H and O–H groups in total. The van der Waals surface area contributed by atoms with E-state index in [2.05, 4.69) is 31.0 Å². The molecule has 20 heavy (non-hydrogen) atoms. The fraction of sp³-hybridized carbons (Fsp3) is 1.00. The van der Waals surface area contributed by atoms with Crippen LogP contribution < -0.4 is 5.32 Å². The van der Waals surface area contributed by atoms with Crippen molar-refractivity contribution in [1.29, 1.82) is 0 Å². The molecule has 0 spiro atoms. The molecular weight excluding hydrogens is 244 g/mol. The molecule has 0 aromatic carbocycles. The maximum absolute atomic E-state index is 3.79. The van der Waals surface area contributed by atoms with Gasteiger partial charge in [-0.2, -0.15) is 0 Å². The molecule has 4 atom stereocenters. The first kappa shape index (κ1) is 14.8. The van der Waals surface area contributed by atoms with E-state index in [1.165, 1.54) is 57.9 Å². The Labute approximate surface area is 125 Å². The number of fused-ring (bicyclic) bond motifs is 2. The molecule has 3 fully saturated rings. The molecule has 2 saturated heterocycles. The minimum absolute atomic E-state index is 0.808. The van der Waals surface area contributed by atoms with Gasteiger partial charge >= 0.3 is 0 Å². The molecule has 1 saturated carbocycles. The number of rotatable bonds is 4. The average Bonchev–Trinajstić information content (AvgIpc) is 2.67. The molecule has 2 nitrogen and oxygen atoms in total. The first-order valence-corrected chi connectivity index (χ1v) is 9.18. The molecule has 2 heteroatoms. The van der Waals surface area contributed by atoms with Crippen molar-refractivity contribution in [2.24, 2.45) is 11.8 Å². The van der Waals surface area contributed by atoms with Gasteiger partial charge in [0.25, 0.3) is 0 Å². The molecule has 4 unspecified atom stereocenters. The van der Waals surface area contributed by atoms with Crippen molar-refractivity contribution in [1.82, 2.24) is 10.2 Å². The van der Waals surface area contributed by atoms with E-state index in [0.29, 0.717) is 0 Å². The van der Waals surface area contributed by atoms with Crippen molar-refractivity contribution in [3.8, 4) is 0 Å². The third-order valence-corrected chi connectivity index (χ3v) is 6.05. The number of nitrogens with zero attached hydrogens (tertiary/aromatic N) is 1. The standard InChI is InChI=1S/C18H34N2/c1-4-7-19-15-11-16-5-6-17(12-15)20(16)18-9-13(2)8-14(3)10-18/h13-19H,4-12H2,1-3H3. The van der Waals surface area contributed by atoms with Crippen molar-refractivity contribution in [2.75, 3.05) is 6.54 Å². The van der Waals surface area contributed by atoms with Crippen LogP contribution in [0.15, 0.2) is 0 Å². The van der Waals surface area contributed by atoms with Crippen LogP contribution in [0.5, 0.6) is 0 Å². The molecule has 2 bridgehead atoms. The molecule has 0 aromatic heterocycles. The number of nitrogens with one attached hydrogen (secondary N) is 1. The highest BCUT2D eigenvalue weighted by molar-refractivity contribution is 5.01. The summed E-state index contributed by atoms with van der Waals surface area (Å²) in [5.41, 5.74) is 0. The Bertz CT molecular complexity index is 293. The van der Waals surface area contributed by atoms with Crippen molar-refractivity contribution in [3.63, 3.8) is 0 Å². The lowest BCUT2D eigenvalue weighted by Gasteiger charge is -2.47. The van der Waals surface area contributed by atoms with Crippen molar-refractivity contribution in [2.45, 2.75) is 96.3 Å². The Hall–Kier alpha value is -0.0800. The Morgan fingerprint density at radius 1 is 0.850 bits per heavy atom. The Morgan fingerprint density at radius 2 is 1.45 bits per heavy atom. The van der Waals surface area contributed by atoms with E-state index >= 15 is 0 Å². The molecular formula is C18H34N2. The van der Waals surface area contributed by atoms with Crippen LogP contribution in [0.2, 0.25) is 0 Å². The van der Waals surface area contributed by atoms with Gasteiger partial charge in [0.2, 0.25) is 0 Å². The van der Waals surface area contributed by atoms with Crippen molar-refractivity contribution >= 4 is 0 Å². The second-order valence-electron chi connectivity index (χ2n) is 8.03. The SMILES string of the molecule is CCCNC1CC2CCC(C1)N2C1CC(C)CC(C)C1. The highest BCUT2D eigenvalue weighted by Crippen LogP contribution is 2.42. The van der Waals surface area contributed by atoms with Gasteiger partial charge in [-0.25, -0.2) is 0 Å². The second-order valence-corrected chi connectivity index (χ2v) is 8.03. The van der Waals surface area contributed by atoms with Crippen LogP contribution in [-0.2, 0) is 0 Å². The third-order valence-electron chi connectivity index (χ3n) is 6.05. The largest absolute Gasteiger partial charge is 0.314 e. The number of piperidine rings is 1. The Balaban J connectivity index is 1.61. The topological polar surface area (TPSA) is 15.3 Å². The Kier molecular flexibility index (Phi) is 4.72. The fourth-order valence-corrected chi connectivity index (χ4v) is 5.47. The maximum atomic E-state index is 3.79. The van der Waals surface area contributed by atoms with Crippen LogP contribution in [0.3, 0.4) is 0 Å². The van der Waals surface area contributed by atoms with Crippen LogP contribution in [0, 0.1) is 11.8 Å². The van der Waals surface area contributed by atoms with Crippen LogP contribution >= 0.6 is 0 Å². The highest BCUT2D eigenvalue weighted by Gasteiger charge is 2.44. The molecule has 0 radical (unpaired) electrons. The lowest BCUT2D eigenvalue weighted by atomic mass is 9.78. The van der Waals surface area contributed by atoms with Crippen LogP contribution in [0.4, 0.5) is 0 Å². The van der Waals surface area contributed by atoms with Gasteiger partial charge in [-0.1, -0.05) is 20.8 Å². The fourth-order valence-electron chi connectivity index (χ4n) is 5.47. The zero-order valence-electron chi connectivity index (χ0n) is 13.8. The summed E-state index contributed by atoms with van der Waals surface area (Å²) in [5.74, 6) is 1.89. The van der Waals surface area contributed by atoms with E-state index in [-0.39, 0.29) is 0 Å². The smallest absolute Gasteiger partial charge is 0.0116 e. The average molecular weight is 278 g/mol. The zero-order valence-corrected chi connectivity index (χ0v) is 13.8. The van der Waals surface area contributed by atoms with E-state index in [1.807, 2.05) is 0 Å². The third kappa shape index (κ3) is 3.06. The molecule has 2 aliphatic heterocycles. The molecule has 1 aliphatic carbocycles. The predicted molar refractivity (Wildman–Crippen MR) is 85.9 cm³/mol. The zero-order chi connectivity index (χ0) is 14.1. The number of hydrogen-bond donors (Lipinski definition) is 1. The first-order valence-electron chi connectivity index (χ1n) is 9.18. The minimum atomic E-state index is 0.808. The molecule has 116 valence electrons. The number of hydrogen-bond acceptors (Lipinski definition) is 2. The monoisotopic (exact) mass is 278 g/mol. The van der Waals surface area contributed by atoms with Gasteiger partial charge in [0.15, 0.2) is 0 Å². The van der Waals surface area contributed by atoms with Gasteiger partial charge in [0.05, 0.1) is 0 Å². The van der Waals surface area contributed by atoms with E-state index in [1.54, 1.807) is 0 Å². The summed E-state index contributed by atoms with van der Waals surface area (Å²) in [4.78, 5) is 2.98. The normalized spacial score (nSPS) is 45.8. The van der Waals surface area contributed by atoms with Gasteiger partial charge in [0.1, 0.15) is 0 Å². The summed E-state index contributed by atoms with van der Waals surface area (Å²) in [6.45, 7) is 8.43. The lowest BCUT2D eigenvalue weighted by Crippen LogP contribution is -2.54. The quantitative estimate of drug-likeness (QED) is 0.841. The second kappa shape index (κ2) is 6.36. The van der Waals surface area contributed by atoms with E-state index in [4.69, 9.17) is 0 Å². The lowest BCUT2D eigenvalue weighted by molar-refractivity contribution is 0.0296. The van der Waals surface area contributed by atoms with Crippen LogP contribution in [0.25, 0.3) is 0 Å². The molecule has 0 amide bonds. The summed E-state index contributed by atoms with van der Waals surface area (Å²) in [6.07, 6.45) is 11.4. The molecule has 2 heterocycles. The summed E-state index contributed by atoms with van der Waals surface area (Å²) < 4.78 is 0. The van der Waals surface area contributed by atoms with Crippen LogP contribution in [-0.4, -0.2) is 35.6 Å². The van der Waals surface area contributed by atoms with E-state index in [9.17, 15) is 0 Å². The summed E-state index contributed by atoms with van der Waals surface area (Å²) in [6, 6.07) is 3.50. The molecule has 0 aromatic rings. The van der Waals surface area contributed by atoms with Crippen molar-refractivity contribution in [3.05, 3.63) is 0 Å². The van der Waals surface area contributed by atoms with E-state index in [0.717, 1.165) is 36.0 Å². The van der Waals surface area contributed by atoms with E-state index < -0.39 is 0 Å². The van der Waals surface area contributed by atoms with Crippen molar-refractivity contribution < 1.29 is 0 Å². The first-order chi connectivity index (χ1) is 9.67. The van der Waals surface area contributed by atoms with Gasteiger partial charge in [-0.3, -0.25) is 4.90 Å². The summed E-state index contributed by atoms with van der Waals surface area (Å²) >= 11 is 0. The summed E-state index contributed by atoms with van der Waals surface area (Å²) in [7, 11) is 0. The summed E-state index contributed by atoms with van der Waals surface area (Å²) in [5, 5.41) is 3.79. The molecule has 3 aliphatic rings. The minimum Gasteiger partial charge on any atom is -0.314 e. The Morgan fingerprint density at radius 3 is 2.00 bits per heavy atom. The van der Waals surface area contributed by atoms with Gasteiger partial charge < -0.3 is 5.32 Å². The van der Waals surface area contributed by atoms with Gasteiger partial charge in [-0.05, 0) is 69.7 Å². The molecule has 3 rings (SSSR count).